The average molecular weight is 438 g/mol. The third-order valence-electron chi connectivity index (χ3n) is 5.84. The Kier molecular flexibility index (Phi) is 5.50. The maximum Gasteiger partial charge on any atom is 0.275 e. The third kappa shape index (κ3) is 3.92. The van der Waals surface area contributed by atoms with E-state index >= 15 is 0 Å². The van der Waals surface area contributed by atoms with Crippen LogP contribution in [0.25, 0.3) is 11.1 Å². The van der Waals surface area contributed by atoms with E-state index in [1.54, 1.807) is 28.6 Å². The van der Waals surface area contributed by atoms with Gasteiger partial charge in [0.15, 0.2) is 0 Å². The fourth-order valence-electron chi connectivity index (χ4n) is 4.24. The lowest BCUT2D eigenvalue weighted by atomic mass is 9.96. The van der Waals surface area contributed by atoms with E-state index in [0.29, 0.717) is 29.0 Å². The number of nitrogens with zero attached hydrogens (tertiary/aromatic N) is 1. The van der Waals surface area contributed by atoms with Gasteiger partial charge in [-0.1, -0.05) is 54.6 Å². The van der Waals surface area contributed by atoms with Crippen LogP contribution in [-0.4, -0.2) is 21.9 Å². The first-order chi connectivity index (χ1) is 16.2. The second-order valence-corrected chi connectivity index (χ2v) is 7.93. The van der Waals surface area contributed by atoms with Crippen molar-refractivity contribution in [1.82, 2.24) is 10.4 Å². The molecule has 0 atom stereocenters. The fraction of sp³-hybridized carbons (Fsp3) is 0.111. The SMILES string of the molecule is O=C(NO)c1ccc(CN2C(=O)c3ccccc3OC3=C2C=CCC3)cc1-c1ccccc1. The summed E-state index contributed by atoms with van der Waals surface area (Å²) in [4.78, 5) is 27.6. The zero-order chi connectivity index (χ0) is 22.8. The number of allylic oxidation sites excluding steroid dienone is 3. The molecule has 2 aliphatic rings. The van der Waals surface area contributed by atoms with Gasteiger partial charge in [-0.3, -0.25) is 14.8 Å². The second-order valence-electron chi connectivity index (χ2n) is 7.93. The maximum absolute atomic E-state index is 13.6. The number of hydroxylamine groups is 1. The molecule has 3 aromatic rings. The number of carbonyl (C=O) groups is 2. The number of nitrogens with one attached hydrogen (secondary N) is 1. The molecule has 2 N–H and O–H groups in total. The van der Waals surface area contributed by atoms with Gasteiger partial charge in [-0.2, -0.15) is 0 Å². The molecule has 0 radical (unpaired) electrons. The average Bonchev–Trinajstić information content (AvgIpc) is 2.98. The van der Waals surface area contributed by atoms with Gasteiger partial charge in [0.05, 0.1) is 17.8 Å². The normalized spacial score (nSPS) is 14.8. The molecule has 0 saturated carbocycles. The molecular formula is C27H22N2O4. The molecule has 1 aliphatic heterocycles. The van der Waals surface area contributed by atoms with E-state index in [1.165, 1.54) is 0 Å². The van der Waals surface area contributed by atoms with Gasteiger partial charge in [-0.15, -0.1) is 0 Å². The predicted octanol–water partition coefficient (Wildman–Crippen LogP) is 5.07. The highest BCUT2D eigenvalue weighted by Crippen LogP contribution is 2.35. The molecule has 6 heteroatoms. The van der Waals surface area contributed by atoms with Crippen molar-refractivity contribution in [2.75, 3.05) is 0 Å². The molecule has 0 bridgehead atoms. The van der Waals surface area contributed by atoms with Crippen molar-refractivity contribution in [3.05, 3.63) is 113 Å². The van der Waals surface area contributed by atoms with Gasteiger partial charge in [-0.05, 0) is 53.5 Å². The summed E-state index contributed by atoms with van der Waals surface area (Å²) in [6, 6.07) is 22.1. The summed E-state index contributed by atoms with van der Waals surface area (Å²) in [5.41, 5.74) is 5.69. The second kappa shape index (κ2) is 8.76. The van der Waals surface area contributed by atoms with E-state index in [1.807, 2.05) is 66.7 Å². The zero-order valence-corrected chi connectivity index (χ0v) is 17.8. The molecule has 5 rings (SSSR count). The van der Waals surface area contributed by atoms with Crippen LogP contribution in [0.2, 0.25) is 0 Å². The summed E-state index contributed by atoms with van der Waals surface area (Å²) >= 11 is 0. The molecule has 2 amide bonds. The lowest BCUT2D eigenvalue weighted by molar-refractivity contribution is 0.0706. The Morgan fingerprint density at radius 1 is 1.00 bits per heavy atom. The topological polar surface area (TPSA) is 78.9 Å². The quantitative estimate of drug-likeness (QED) is 0.440. The van der Waals surface area contributed by atoms with Gasteiger partial charge < -0.3 is 9.64 Å². The van der Waals surface area contributed by atoms with E-state index in [9.17, 15) is 14.8 Å². The van der Waals surface area contributed by atoms with E-state index in [-0.39, 0.29) is 5.91 Å². The highest BCUT2D eigenvalue weighted by molar-refractivity contribution is 6.01. The summed E-state index contributed by atoms with van der Waals surface area (Å²) in [7, 11) is 0. The standard InChI is InChI=1S/C27H22N2O4/c30-26(28-32)20-15-14-18(16-22(20)19-8-2-1-3-9-19)17-29-23-11-5-7-13-25(23)33-24-12-6-4-10-21(24)27(29)31/h1-6,8-12,14-16,32H,7,13,17H2,(H,28,30). The number of rotatable bonds is 4. The van der Waals surface area contributed by atoms with Gasteiger partial charge in [0, 0.05) is 12.0 Å². The molecule has 1 heterocycles. The highest BCUT2D eigenvalue weighted by Gasteiger charge is 2.30. The van der Waals surface area contributed by atoms with Crippen LogP contribution in [0.15, 0.2) is 96.4 Å². The smallest absolute Gasteiger partial charge is 0.275 e. The largest absolute Gasteiger partial charge is 0.459 e. The van der Waals surface area contributed by atoms with Crippen LogP contribution < -0.4 is 10.2 Å². The van der Waals surface area contributed by atoms with Crippen LogP contribution in [0, 0.1) is 0 Å². The van der Waals surface area contributed by atoms with Crippen molar-refractivity contribution in [2.45, 2.75) is 19.4 Å². The monoisotopic (exact) mass is 438 g/mol. The molecule has 0 spiro atoms. The number of fused-ring (bicyclic) bond motifs is 1. The van der Waals surface area contributed by atoms with Gasteiger partial charge in [0.2, 0.25) is 0 Å². The van der Waals surface area contributed by atoms with Crippen LogP contribution in [0.4, 0.5) is 0 Å². The number of carbonyl (C=O) groups excluding carboxylic acids is 2. The van der Waals surface area contributed by atoms with Crippen LogP contribution in [0.1, 0.15) is 39.1 Å². The van der Waals surface area contributed by atoms with Gasteiger partial charge in [0.1, 0.15) is 11.5 Å². The molecule has 3 aromatic carbocycles. The highest BCUT2D eigenvalue weighted by atomic mass is 16.5. The van der Waals surface area contributed by atoms with Crippen molar-refractivity contribution >= 4 is 11.8 Å². The lowest BCUT2D eigenvalue weighted by Crippen LogP contribution is -2.30. The molecule has 0 fully saturated rings. The number of ether oxygens (including phenoxy) is 1. The summed E-state index contributed by atoms with van der Waals surface area (Å²) in [6.45, 7) is 0.306. The molecule has 33 heavy (non-hydrogen) atoms. The lowest BCUT2D eigenvalue weighted by Gasteiger charge is -2.25. The predicted molar refractivity (Wildman–Crippen MR) is 123 cm³/mol. The molecule has 0 aromatic heterocycles. The van der Waals surface area contributed by atoms with Gasteiger partial charge >= 0.3 is 0 Å². The first kappa shape index (κ1) is 20.7. The molecule has 164 valence electrons. The number of benzene rings is 3. The van der Waals surface area contributed by atoms with E-state index in [2.05, 4.69) is 0 Å². The van der Waals surface area contributed by atoms with Crippen LogP contribution in [0.5, 0.6) is 5.75 Å². The molecule has 6 nitrogen and oxygen atoms in total. The first-order valence-corrected chi connectivity index (χ1v) is 10.8. The Morgan fingerprint density at radius 3 is 2.61 bits per heavy atom. The molecular weight excluding hydrogens is 416 g/mol. The van der Waals surface area contributed by atoms with Crippen molar-refractivity contribution in [3.63, 3.8) is 0 Å². The third-order valence-corrected chi connectivity index (χ3v) is 5.84. The minimum absolute atomic E-state index is 0.138. The number of amides is 2. The van der Waals surface area contributed by atoms with Crippen LogP contribution >= 0.6 is 0 Å². The van der Waals surface area contributed by atoms with Crippen molar-refractivity contribution in [1.29, 1.82) is 0 Å². The summed E-state index contributed by atoms with van der Waals surface area (Å²) in [5, 5.41) is 9.20. The fourth-order valence-corrected chi connectivity index (χ4v) is 4.24. The Bertz CT molecular complexity index is 1290. The Balaban J connectivity index is 1.58. The number of hydrogen-bond donors (Lipinski definition) is 2. The maximum atomic E-state index is 13.6. The molecule has 0 saturated heterocycles. The van der Waals surface area contributed by atoms with Crippen molar-refractivity contribution < 1.29 is 19.5 Å². The number of para-hydroxylation sites is 1. The van der Waals surface area contributed by atoms with Crippen molar-refractivity contribution in [2.24, 2.45) is 0 Å². The van der Waals surface area contributed by atoms with Crippen LogP contribution in [-0.2, 0) is 6.54 Å². The Hall–Kier alpha value is -4.16. The summed E-state index contributed by atoms with van der Waals surface area (Å²) in [6.07, 6.45) is 5.55. The minimum Gasteiger partial charge on any atom is -0.459 e. The minimum atomic E-state index is -0.589. The Morgan fingerprint density at radius 2 is 1.79 bits per heavy atom. The van der Waals surface area contributed by atoms with E-state index < -0.39 is 5.91 Å². The number of hydrogen-bond acceptors (Lipinski definition) is 4. The van der Waals surface area contributed by atoms with E-state index in [4.69, 9.17) is 4.74 Å². The Labute approximate surface area is 191 Å². The first-order valence-electron chi connectivity index (χ1n) is 10.8. The van der Waals surface area contributed by atoms with E-state index in [0.717, 1.165) is 35.4 Å². The summed E-state index contributed by atoms with van der Waals surface area (Å²) < 4.78 is 6.14. The van der Waals surface area contributed by atoms with Gasteiger partial charge in [0.25, 0.3) is 11.8 Å². The molecule has 1 aliphatic carbocycles. The molecule has 0 unspecified atom stereocenters. The zero-order valence-electron chi connectivity index (χ0n) is 17.8. The van der Waals surface area contributed by atoms with Gasteiger partial charge in [-0.25, -0.2) is 5.48 Å². The van der Waals surface area contributed by atoms with Crippen molar-refractivity contribution in [3.8, 4) is 16.9 Å². The summed E-state index contributed by atoms with van der Waals surface area (Å²) in [5.74, 6) is 0.609. The van der Waals surface area contributed by atoms with Crippen LogP contribution in [0.3, 0.4) is 0 Å².